The van der Waals surface area contributed by atoms with E-state index in [9.17, 15) is 4.79 Å². The van der Waals surface area contributed by atoms with Gasteiger partial charge in [-0.3, -0.25) is 4.98 Å². The van der Waals surface area contributed by atoms with E-state index in [0.717, 1.165) is 37.0 Å². The number of hydrogen-bond acceptors (Lipinski definition) is 3. The number of nitrogens with one attached hydrogen (secondary N) is 2. The molecule has 5 nitrogen and oxygen atoms in total. The highest BCUT2D eigenvalue weighted by Crippen LogP contribution is 2.26. The van der Waals surface area contributed by atoms with E-state index in [1.54, 1.807) is 12.4 Å². The molecule has 1 saturated heterocycles. The molecule has 2 aromatic rings. The zero-order valence-corrected chi connectivity index (χ0v) is 13.7. The molecule has 0 saturated carbocycles. The average Bonchev–Trinajstić information content (AvgIpc) is 3.16. The molecule has 24 heavy (non-hydrogen) atoms. The summed E-state index contributed by atoms with van der Waals surface area (Å²) in [5, 5.41) is 6.00. The van der Waals surface area contributed by atoms with Gasteiger partial charge in [-0.25, -0.2) is 4.79 Å². The highest BCUT2D eigenvalue weighted by molar-refractivity contribution is 5.74. The number of amides is 2. The third kappa shape index (κ3) is 4.55. The second-order valence-electron chi connectivity index (χ2n) is 5.95. The largest absolute Gasteiger partial charge is 0.376 e. The first-order valence-electron chi connectivity index (χ1n) is 8.43. The van der Waals surface area contributed by atoms with Crippen molar-refractivity contribution >= 4 is 6.03 Å². The van der Waals surface area contributed by atoms with E-state index in [2.05, 4.69) is 15.6 Å². The maximum absolute atomic E-state index is 12.3. The Kier molecular flexibility index (Phi) is 5.80. The summed E-state index contributed by atoms with van der Waals surface area (Å²) in [5.74, 6) is 0. The lowest BCUT2D eigenvalue weighted by molar-refractivity contribution is 0.0807. The molecule has 1 aliphatic rings. The summed E-state index contributed by atoms with van der Waals surface area (Å²) in [5.41, 5.74) is 2.23. The lowest BCUT2D eigenvalue weighted by Crippen LogP contribution is -2.42. The fraction of sp³-hybridized carbons (Fsp3) is 0.368. The Hall–Kier alpha value is -2.40. The average molecular weight is 325 g/mol. The number of benzene rings is 1. The van der Waals surface area contributed by atoms with Gasteiger partial charge in [-0.2, -0.15) is 0 Å². The predicted molar refractivity (Wildman–Crippen MR) is 92.6 cm³/mol. The number of nitrogens with zero attached hydrogens (tertiary/aromatic N) is 1. The molecule has 2 amide bonds. The molecule has 1 aliphatic heterocycles. The van der Waals surface area contributed by atoms with Crippen molar-refractivity contribution in [3.63, 3.8) is 0 Å². The van der Waals surface area contributed by atoms with E-state index >= 15 is 0 Å². The van der Waals surface area contributed by atoms with Gasteiger partial charge < -0.3 is 15.4 Å². The molecule has 0 unspecified atom stereocenters. The second-order valence-corrected chi connectivity index (χ2v) is 5.95. The summed E-state index contributed by atoms with van der Waals surface area (Å²) in [7, 11) is 0. The van der Waals surface area contributed by atoms with Crippen molar-refractivity contribution in [2.24, 2.45) is 0 Å². The number of rotatable bonds is 6. The standard InChI is InChI=1S/C19H23N3O2/c23-19(21-13-10-15-8-11-20-12-9-15)22-18(17-7-4-14-24-17)16-5-2-1-3-6-16/h1-3,5-6,8-9,11-12,17-18H,4,7,10,13-14H2,(H2,21,22,23)/t17-,18-/m0/s1. The van der Waals surface area contributed by atoms with Crippen LogP contribution in [-0.2, 0) is 11.2 Å². The van der Waals surface area contributed by atoms with Crippen LogP contribution in [0.25, 0.3) is 0 Å². The Morgan fingerprint density at radius 2 is 2.00 bits per heavy atom. The van der Waals surface area contributed by atoms with Gasteiger partial charge in [0.2, 0.25) is 0 Å². The minimum atomic E-state index is -0.159. The molecule has 2 heterocycles. The van der Waals surface area contributed by atoms with Gasteiger partial charge in [0.15, 0.2) is 0 Å². The third-order valence-electron chi connectivity index (χ3n) is 4.23. The number of carbonyl (C=O) groups excluding carboxylic acids is 1. The molecule has 1 aromatic heterocycles. The third-order valence-corrected chi connectivity index (χ3v) is 4.23. The first-order valence-corrected chi connectivity index (χ1v) is 8.43. The van der Waals surface area contributed by atoms with Crippen LogP contribution in [0.4, 0.5) is 4.79 Å². The van der Waals surface area contributed by atoms with E-state index in [1.165, 1.54) is 0 Å². The molecule has 1 aromatic carbocycles. The smallest absolute Gasteiger partial charge is 0.315 e. The minimum Gasteiger partial charge on any atom is -0.376 e. The first kappa shape index (κ1) is 16.5. The van der Waals surface area contributed by atoms with E-state index in [4.69, 9.17) is 4.74 Å². The molecule has 0 aliphatic carbocycles. The van der Waals surface area contributed by atoms with Crippen LogP contribution in [-0.4, -0.2) is 30.3 Å². The van der Waals surface area contributed by atoms with Crippen LogP contribution in [0, 0.1) is 0 Å². The summed E-state index contributed by atoms with van der Waals surface area (Å²) in [4.78, 5) is 16.3. The van der Waals surface area contributed by atoms with Crippen molar-refractivity contribution in [2.75, 3.05) is 13.2 Å². The van der Waals surface area contributed by atoms with Crippen molar-refractivity contribution in [2.45, 2.75) is 31.4 Å². The van der Waals surface area contributed by atoms with Crippen LogP contribution in [0.3, 0.4) is 0 Å². The van der Waals surface area contributed by atoms with Gasteiger partial charge in [0, 0.05) is 25.5 Å². The van der Waals surface area contributed by atoms with Gasteiger partial charge in [-0.05, 0) is 42.5 Å². The molecule has 0 spiro atoms. The summed E-state index contributed by atoms with van der Waals surface area (Å²) >= 11 is 0. The van der Waals surface area contributed by atoms with E-state index < -0.39 is 0 Å². The summed E-state index contributed by atoms with van der Waals surface area (Å²) < 4.78 is 5.79. The molecule has 0 radical (unpaired) electrons. The topological polar surface area (TPSA) is 63.2 Å². The number of pyridine rings is 1. The van der Waals surface area contributed by atoms with Gasteiger partial charge >= 0.3 is 6.03 Å². The Balaban J connectivity index is 1.55. The molecule has 0 bridgehead atoms. The van der Waals surface area contributed by atoms with Gasteiger partial charge in [0.25, 0.3) is 0 Å². The van der Waals surface area contributed by atoms with Crippen molar-refractivity contribution in [3.05, 3.63) is 66.0 Å². The monoisotopic (exact) mass is 325 g/mol. The van der Waals surface area contributed by atoms with Crippen LogP contribution < -0.4 is 10.6 Å². The van der Waals surface area contributed by atoms with Gasteiger partial charge in [0.05, 0.1) is 12.1 Å². The Bertz CT molecular complexity index is 628. The van der Waals surface area contributed by atoms with Crippen molar-refractivity contribution in [3.8, 4) is 0 Å². The maximum Gasteiger partial charge on any atom is 0.315 e. The van der Waals surface area contributed by atoms with Crippen LogP contribution in [0.2, 0.25) is 0 Å². The predicted octanol–water partition coefficient (Wildman–Crippen LogP) is 2.84. The second kappa shape index (κ2) is 8.45. The minimum absolute atomic E-state index is 0.0401. The van der Waals surface area contributed by atoms with E-state index in [0.29, 0.717) is 6.54 Å². The molecule has 126 valence electrons. The Morgan fingerprint density at radius 3 is 2.71 bits per heavy atom. The lowest BCUT2D eigenvalue weighted by atomic mass is 9.99. The van der Waals surface area contributed by atoms with Crippen LogP contribution >= 0.6 is 0 Å². The normalized spacial score (nSPS) is 18.1. The molecular formula is C19H23N3O2. The molecule has 2 N–H and O–H groups in total. The molecule has 5 heteroatoms. The number of aromatic nitrogens is 1. The van der Waals surface area contributed by atoms with Crippen molar-refractivity contribution in [1.82, 2.24) is 15.6 Å². The lowest BCUT2D eigenvalue weighted by Gasteiger charge is -2.25. The highest BCUT2D eigenvalue weighted by Gasteiger charge is 2.28. The van der Waals surface area contributed by atoms with Gasteiger partial charge in [-0.15, -0.1) is 0 Å². The van der Waals surface area contributed by atoms with Crippen LogP contribution in [0.1, 0.15) is 30.0 Å². The Labute approximate surface area is 142 Å². The summed E-state index contributed by atoms with van der Waals surface area (Å²) in [6.45, 7) is 1.35. The molecule has 3 rings (SSSR count). The molecule has 2 atom stereocenters. The molecule has 1 fully saturated rings. The van der Waals surface area contributed by atoms with E-state index in [-0.39, 0.29) is 18.2 Å². The Morgan fingerprint density at radius 1 is 1.21 bits per heavy atom. The number of hydrogen-bond donors (Lipinski definition) is 2. The maximum atomic E-state index is 12.3. The van der Waals surface area contributed by atoms with E-state index in [1.807, 2.05) is 42.5 Å². The summed E-state index contributed by atoms with van der Waals surface area (Å²) in [6, 6.07) is 13.7. The zero-order chi connectivity index (χ0) is 16.6. The van der Waals surface area contributed by atoms with Crippen molar-refractivity contribution < 1.29 is 9.53 Å². The highest BCUT2D eigenvalue weighted by atomic mass is 16.5. The van der Waals surface area contributed by atoms with Crippen LogP contribution in [0.5, 0.6) is 0 Å². The summed E-state index contributed by atoms with van der Waals surface area (Å²) in [6.07, 6.45) is 6.36. The zero-order valence-electron chi connectivity index (χ0n) is 13.7. The van der Waals surface area contributed by atoms with Gasteiger partial charge in [0.1, 0.15) is 0 Å². The van der Waals surface area contributed by atoms with Gasteiger partial charge in [-0.1, -0.05) is 30.3 Å². The fourth-order valence-electron chi connectivity index (χ4n) is 2.98. The quantitative estimate of drug-likeness (QED) is 0.858. The first-order chi connectivity index (χ1) is 11.8. The fourth-order valence-corrected chi connectivity index (χ4v) is 2.98. The van der Waals surface area contributed by atoms with Crippen LogP contribution in [0.15, 0.2) is 54.9 Å². The van der Waals surface area contributed by atoms with Crippen molar-refractivity contribution in [1.29, 1.82) is 0 Å². The molecular weight excluding hydrogens is 302 g/mol. The SMILES string of the molecule is O=C(NCCc1ccncc1)N[C@@H](c1ccccc1)[C@@H]1CCCO1. The number of ether oxygens (including phenoxy) is 1. The number of urea groups is 1. The number of carbonyl (C=O) groups is 1.